The van der Waals surface area contributed by atoms with Gasteiger partial charge in [-0.25, -0.2) is 0 Å². The Morgan fingerprint density at radius 2 is 2.23 bits per heavy atom. The fourth-order valence-electron chi connectivity index (χ4n) is 3.49. The van der Waals surface area contributed by atoms with E-state index in [0.29, 0.717) is 6.04 Å². The highest BCUT2D eigenvalue weighted by Gasteiger charge is 2.35. The third-order valence-electron chi connectivity index (χ3n) is 4.82. The summed E-state index contributed by atoms with van der Waals surface area (Å²) in [6.45, 7) is 5.07. The first-order valence-corrected chi connectivity index (χ1v) is 8.16. The number of aromatic nitrogens is 2. The molecule has 0 bridgehead atoms. The summed E-state index contributed by atoms with van der Waals surface area (Å²) in [5.74, 6) is 1.16. The largest absolute Gasteiger partial charge is 0.491 e. The molecule has 116 valence electrons. The molecule has 1 aliphatic carbocycles. The molecule has 2 atom stereocenters. The van der Waals surface area contributed by atoms with Gasteiger partial charge in [-0.05, 0) is 42.9 Å². The van der Waals surface area contributed by atoms with E-state index in [0.717, 1.165) is 25.4 Å². The average molecular weight is 297 g/mol. The Morgan fingerprint density at radius 1 is 1.32 bits per heavy atom. The highest BCUT2D eigenvalue weighted by molar-refractivity contribution is 5.48. The maximum absolute atomic E-state index is 6.21. The number of benzene rings is 1. The van der Waals surface area contributed by atoms with Crippen LogP contribution in [0.2, 0.25) is 0 Å². The molecule has 0 N–H and O–H groups in total. The summed E-state index contributed by atoms with van der Waals surface area (Å²) in [7, 11) is 1.96. The van der Waals surface area contributed by atoms with Crippen LogP contribution in [0.25, 0.3) is 0 Å². The predicted molar refractivity (Wildman–Crippen MR) is 86.1 cm³/mol. The SMILES string of the molecule is Cc1ccc2c(c1OCC1CN1Cc1cnn(C)c1)CCC2. The highest BCUT2D eigenvalue weighted by Crippen LogP contribution is 2.34. The fourth-order valence-corrected chi connectivity index (χ4v) is 3.49. The summed E-state index contributed by atoms with van der Waals surface area (Å²) in [6.07, 6.45) is 7.69. The van der Waals surface area contributed by atoms with Crippen LogP contribution in [0.1, 0.15) is 28.7 Å². The standard InChI is InChI=1S/C18H23N3O/c1-13-6-7-15-4-3-5-17(15)18(13)22-12-16-11-21(16)10-14-8-19-20(2)9-14/h6-9,16H,3-5,10-12H2,1-2H3. The first kappa shape index (κ1) is 13.8. The van der Waals surface area contributed by atoms with Crippen LogP contribution in [0.5, 0.6) is 5.75 Å². The third kappa shape index (κ3) is 2.63. The van der Waals surface area contributed by atoms with Crippen LogP contribution < -0.4 is 4.74 Å². The maximum Gasteiger partial charge on any atom is 0.125 e. The van der Waals surface area contributed by atoms with E-state index in [1.807, 2.05) is 17.9 Å². The third-order valence-corrected chi connectivity index (χ3v) is 4.82. The number of rotatable bonds is 5. The number of hydrogen-bond donors (Lipinski definition) is 0. The number of ether oxygens (including phenoxy) is 1. The Balaban J connectivity index is 1.36. The summed E-state index contributed by atoms with van der Waals surface area (Å²) in [5.41, 5.74) is 5.50. The molecule has 0 radical (unpaired) electrons. The van der Waals surface area contributed by atoms with E-state index in [9.17, 15) is 0 Å². The minimum Gasteiger partial charge on any atom is -0.491 e. The average Bonchev–Trinajstić information content (AvgIpc) is 2.87. The van der Waals surface area contributed by atoms with Crippen LogP contribution in [0.4, 0.5) is 0 Å². The Hall–Kier alpha value is -1.81. The molecule has 1 aliphatic heterocycles. The molecule has 4 rings (SSSR count). The fraction of sp³-hybridized carbons (Fsp3) is 0.500. The zero-order valence-electron chi connectivity index (χ0n) is 13.4. The van der Waals surface area contributed by atoms with Crippen molar-refractivity contribution < 1.29 is 4.74 Å². The monoisotopic (exact) mass is 297 g/mol. The van der Waals surface area contributed by atoms with Crippen molar-refractivity contribution >= 4 is 0 Å². The Bertz CT molecular complexity index is 692. The van der Waals surface area contributed by atoms with Gasteiger partial charge in [-0.1, -0.05) is 12.1 Å². The van der Waals surface area contributed by atoms with Crippen molar-refractivity contribution in [3.8, 4) is 5.75 Å². The van der Waals surface area contributed by atoms with E-state index in [2.05, 4.69) is 35.3 Å². The minimum absolute atomic E-state index is 0.553. The molecule has 2 unspecified atom stereocenters. The Morgan fingerprint density at radius 3 is 3.05 bits per heavy atom. The van der Waals surface area contributed by atoms with Gasteiger partial charge in [-0.3, -0.25) is 9.58 Å². The van der Waals surface area contributed by atoms with Gasteiger partial charge in [0.15, 0.2) is 0 Å². The first-order valence-electron chi connectivity index (χ1n) is 8.16. The molecule has 2 heterocycles. The van der Waals surface area contributed by atoms with Crippen molar-refractivity contribution in [3.05, 3.63) is 46.8 Å². The molecule has 4 heteroatoms. The lowest BCUT2D eigenvalue weighted by molar-refractivity contribution is 0.289. The second-order valence-corrected chi connectivity index (χ2v) is 6.62. The van der Waals surface area contributed by atoms with E-state index < -0.39 is 0 Å². The molecule has 1 fully saturated rings. The van der Waals surface area contributed by atoms with Crippen LogP contribution in [0.3, 0.4) is 0 Å². The summed E-state index contributed by atoms with van der Waals surface area (Å²) >= 11 is 0. The predicted octanol–water partition coefficient (Wildman–Crippen LogP) is 2.48. The lowest BCUT2D eigenvalue weighted by atomic mass is 10.1. The van der Waals surface area contributed by atoms with E-state index in [1.54, 1.807) is 0 Å². The second-order valence-electron chi connectivity index (χ2n) is 6.62. The van der Waals surface area contributed by atoms with Gasteiger partial charge in [0.25, 0.3) is 0 Å². The molecule has 1 aromatic carbocycles. The molecule has 0 saturated carbocycles. The normalized spacial score (nSPS) is 22.6. The van der Waals surface area contributed by atoms with Crippen LogP contribution in [0.15, 0.2) is 24.5 Å². The summed E-state index contributed by atoms with van der Waals surface area (Å²) < 4.78 is 8.08. The van der Waals surface area contributed by atoms with Crippen LogP contribution in [-0.4, -0.2) is 33.9 Å². The van der Waals surface area contributed by atoms with Crippen LogP contribution >= 0.6 is 0 Å². The van der Waals surface area contributed by atoms with Gasteiger partial charge in [-0.2, -0.15) is 5.10 Å². The Labute approximate surface area is 131 Å². The van der Waals surface area contributed by atoms with Gasteiger partial charge in [0, 0.05) is 31.9 Å². The molecule has 1 aromatic heterocycles. The lowest BCUT2D eigenvalue weighted by Gasteiger charge is -2.14. The topological polar surface area (TPSA) is 30.1 Å². The van der Waals surface area contributed by atoms with Crippen molar-refractivity contribution in [2.24, 2.45) is 7.05 Å². The molecule has 22 heavy (non-hydrogen) atoms. The molecule has 0 spiro atoms. The lowest BCUT2D eigenvalue weighted by Crippen LogP contribution is -2.12. The van der Waals surface area contributed by atoms with Gasteiger partial charge < -0.3 is 4.74 Å². The van der Waals surface area contributed by atoms with Gasteiger partial charge in [0.2, 0.25) is 0 Å². The molecular formula is C18H23N3O. The van der Waals surface area contributed by atoms with E-state index in [4.69, 9.17) is 4.74 Å². The molecule has 4 nitrogen and oxygen atoms in total. The Kier molecular flexibility index (Phi) is 3.41. The minimum atomic E-state index is 0.553. The van der Waals surface area contributed by atoms with Crippen LogP contribution in [0, 0.1) is 6.92 Å². The number of hydrogen-bond acceptors (Lipinski definition) is 3. The van der Waals surface area contributed by atoms with Gasteiger partial charge in [-0.15, -0.1) is 0 Å². The first-order chi connectivity index (χ1) is 10.7. The molecule has 1 saturated heterocycles. The number of nitrogens with zero attached hydrogens (tertiary/aromatic N) is 3. The van der Waals surface area contributed by atoms with Crippen molar-refractivity contribution in [1.82, 2.24) is 14.7 Å². The van der Waals surface area contributed by atoms with E-state index in [-0.39, 0.29) is 0 Å². The summed E-state index contributed by atoms with van der Waals surface area (Å²) in [4.78, 5) is 2.44. The number of aryl methyl sites for hydroxylation is 3. The van der Waals surface area contributed by atoms with E-state index in [1.165, 1.54) is 41.5 Å². The summed E-state index contributed by atoms with van der Waals surface area (Å²) in [6, 6.07) is 5.03. The quantitative estimate of drug-likeness (QED) is 0.794. The zero-order chi connectivity index (χ0) is 15.1. The smallest absolute Gasteiger partial charge is 0.125 e. The maximum atomic E-state index is 6.21. The van der Waals surface area contributed by atoms with Crippen molar-refractivity contribution in [3.63, 3.8) is 0 Å². The van der Waals surface area contributed by atoms with Gasteiger partial charge in [0.1, 0.15) is 12.4 Å². The van der Waals surface area contributed by atoms with Gasteiger partial charge >= 0.3 is 0 Å². The highest BCUT2D eigenvalue weighted by atomic mass is 16.5. The molecule has 2 aliphatic rings. The van der Waals surface area contributed by atoms with Crippen molar-refractivity contribution in [2.45, 2.75) is 38.8 Å². The molecule has 2 aromatic rings. The zero-order valence-corrected chi connectivity index (χ0v) is 13.4. The second kappa shape index (κ2) is 5.43. The van der Waals surface area contributed by atoms with Crippen LogP contribution in [-0.2, 0) is 26.4 Å². The summed E-state index contributed by atoms with van der Waals surface area (Å²) in [5, 5.41) is 4.23. The molecular weight excluding hydrogens is 274 g/mol. The van der Waals surface area contributed by atoms with E-state index >= 15 is 0 Å². The van der Waals surface area contributed by atoms with Crippen molar-refractivity contribution in [1.29, 1.82) is 0 Å². The van der Waals surface area contributed by atoms with Gasteiger partial charge in [0.05, 0.1) is 12.2 Å². The van der Waals surface area contributed by atoms with Crippen molar-refractivity contribution in [2.75, 3.05) is 13.2 Å². The molecule has 0 amide bonds. The number of fused-ring (bicyclic) bond motifs is 1.